The lowest BCUT2D eigenvalue weighted by molar-refractivity contribution is 0.313. The van der Waals surface area contributed by atoms with Gasteiger partial charge >= 0.3 is 0 Å². The fraction of sp³-hybridized carbons (Fsp3) is 0.909. The highest BCUT2D eigenvalue weighted by molar-refractivity contribution is 8.32. The van der Waals surface area contributed by atoms with Gasteiger partial charge in [-0.3, -0.25) is 10.8 Å². The minimum atomic E-state index is -4.50. The Bertz CT molecular complexity index is 1290. The van der Waals surface area contributed by atoms with E-state index in [1.165, 1.54) is 34.6 Å². The van der Waals surface area contributed by atoms with Gasteiger partial charge in [-0.25, -0.2) is 33.7 Å². The van der Waals surface area contributed by atoms with Gasteiger partial charge in [-0.05, 0) is 85.5 Å². The summed E-state index contributed by atoms with van der Waals surface area (Å²) >= 11 is 0. The number of hydrogen-bond donors (Lipinski definition) is 2. The SMILES string of the molecule is CC(C)(C)S(=O)(=O)C(=N)S(=O)(=O)C(C)(C)CC1CCC(S(=O)(=O)C(=N)S(=O)(=O)C2CCCCC2)CC1. The third kappa shape index (κ3) is 5.90. The van der Waals surface area contributed by atoms with Crippen molar-refractivity contribution in [2.75, 3.05) is 0 Å². The van der Waals surface area contributed by atoms with Gasteiger partial charge in [0.1, 0.15) is 0 Å². The molecule has 0 aliphatic heterocycles. The predicted molar refractivity (Wildman–Crippen MR) is 142 cm³/mol. The summed E-state index contributed by atoms with van der Waals surface area (Å²) in [6, 6.07) is 0. The molecule has 2 fully saturated rings. The van der Waals surface area contributed by atoms with E-state index in [0.29, 0.717) is 38.5 Å². The van der Waals surface area contributed by atoms with Gasteiger partial charge in [0.25, 0.3) is 0 Å². The van der Waals surface area contributed by atoms with E-state index in [9.17, 15) is 33.7 Å². The highest BCUT2D eigenvalue weighted by atomic mass is 32.3. The van der Waals surface area contributed by atoms with Crippen molar-refractivity contribution in [3.05, 3.63) is 0 Å². The molecule has 0 unspecified atom stereocenters. The van der Waals surface area contributed by atoms with Crippen molar-refractivity contribution in [1.82, 2.24) is 0 Å². The summed E-state index contributed by atoms with van der Waals surface area (Å²) < 4.78 is 97.5. The first kappa shape index (κ1) is 31.4. The van der Waals surface area contributed by atoms with E-state index in [-0.39, 0.29) is 25.2 Å². The fourth-order valence-electron chi connectivity index (χ4n) is 4.96. The molecule has 210 valence electrons. The Morgan fingerprint density at radius 2 is 1.03 bits per heavy atom. The van der Waals surface area contributed by atoms with Crippen LogP contribution in [0.1, 0.15) is 98.8 Å². The highest BCUT2D eigenvalue weighted by Crippen LogP contribution is 2.38. The number of rotatable bonds is 5. The van der Waals surface area contributed by atoms with E-state index in [0.717, 1.165) is 6.42 Å². The summed E-state index contributed by atoms with van der Waals surface area (Å²) in [7, 11) is -17.5. The lowest BCUT2D eigenvalue weighted by Gasteiger charge is -2.34. The zero-order valence-corrected chi connectivity index (χ0v) is 25.0. The fourth-order valence-corrected chi connectivity index (χ4v) is 13.6. The van der Waals surface area contributed by atoms with Crippen molar-refractivity contribution < 1.29 is 33.7 Å². The minimum Gasteiger partial charge on any atom is -0.279 e. The molecule has 0 heterocycles. The minimum absolute atomic E-state index is 0.0297. The maximum atomic E-state index is 13.1. The first-order valence-electron chi connectivity index (χ1n) is 12.2. The Kier molecular flexibility index (Phi) is 9.03. The zero-order valence-electron chi connectivity index (χ0n) is 21.7. The first-order valence-corrected chi connectivity index (χ1v) is 18.3. The molecule has 0 bridgehead atoms. The average molecular weight is 589 g/mol. The molecule has 0 atom stereocenters. The van der Waals surface area contributed by atoms with Gasteiger partial charge in [-0.15, -0.1) is 0 Å². The lowest BCUT2D eigenvalue weighted by Crippen LogP contribution is -2.46. The van der Waals surface area contributed by atoms with E-state index < -0.39 is 68.1 Å². The molecule has 2 aliphatic rings. The first-order chi connectivity index (χ1) is 16.1. The zero-order chi connectivity index (χ0) is 28.0. The van der Waals surface area contributed by atoms with Crippen LogP contribution in [0.25, 0.3) is 0 Å². The van der Waals surface area contributed by atoms with Crippen LogP contribution in [0.15, 0.2) is 0 Å². The topological polar surface area (TPSA) is 184 Å². The van der Waals surface area contributed by atoms with E-state index in [1.807, 2.05) is 0 Å². The molecule has 2 saturated carbocycles. The Labute approximate surface area is 216 Å². The van der Waals surface area contributed by atoms with Gasteiger partial charge in [0.2, 0.25) is 48.1 Å². The van der Waals surface area contributed by atoms with E-state index in [4.69, 9.17) is 10.8 Å². The second kappa shape index (κ2) is 10.4. The van der Waals surface area contributed by atoms with Crippen molar-refractivity contribution in [3.8, 4) is 0 Å². The average Bonchev–Trinajstić information content (AvgIpc) is 2.77. The Balaban J connectivity index is 2.12. The third-order valence-electron chi connectivity index (χ3n) is 7.54. The summed E-state index contributed by atoms with van der Waals surface area (Å²) in [6.07, 6.45) is 3.77. The molecule has 0 amide bonds. The Hall–Kier alpha value is -0.860. The second-order valence-electron chi connectivity index (χ2n) is 11.7. The van der Waals surface area contributed by atoms with Crippen LogP contribution < -0.4 is 0 Å². The van der Waals surface area contributed by atoms with Gasteiger partial charge in [0.15, 0.2) is 0 Å². The molecule has 2 rings (SSSR count). The molecule has 0 radical (unpaired) electrons. The molecule has 0 aromatic carbocycles. The molecule has 0 aromatic heterocycles. The monoisotopic (exact) mass is 588 g/mol. The maximum absolute atomic E-state index is 13.1. The maximum Gasteiger partial charge on any atom is 0.241 e. The molecular formula is C22H40N2O8S4. The smallest absolute Gasteiger partial charge is 0.241 e. The van der Waals surface area contributed by atoms with Gasteiger partial charge in [-0.1, -0.05) is 19.3 Å². The van der Waals surface area contributed by atoms with Crippen molar-refractivity contribution >= 4 is 48.1 Å². The summed E-state index contributed by atoms with van der Waals surface area (Å²) in [4.78, 5) is 0. The number of nitrogens with one attached hydrogen (secondary N) is 2. The lowest BCUT2D eigenvalue weighted by atomic mass is 9.83. The van der Waals surface area contributed by atoms with Crippen LogP contribution in [0.5, 0.6) is 0 Å². The Morgan fingerprint density at radius 3 is 1.44 bits per heavy atom. The molecule has 0 spiro atoms. The van der Waals surface area contributed by atoms with Gasteiger partial charge < -0.3 is 0 Å². The quantitative estimate of drug-likeness (QED) is 0.361. The van der Waals surface area contributed by atoms with Gasteiger partial charge in [0.05, 0.1) is 20.0 Å². The summed E-state index contributed by atoms with van der Waals surface area (Å²) in [5, 5.41) is 14.2. The largest absolute Gasteiger partial charge is 0.279 e. The van der Waals surface area contributed by atoms with Crippen LogP contribution >= 0.6 is 0 Å². The van der Waals surface area contributed by atoms with Crippen molar-refractivity contribution in [2.24, 2.45) is 5.92 Å². The van der Waals surface area contributed by atoms with Crippen molar-refractivity contribution in [2.45, 2.75) is 119 Å². The summed E-state index contributed by atoms with van der Waals surface area (Å²) in [6.45, 7) is 6.71. The van der Waals surface area contributed by atoms with Crippen LogP contribution in [0, 0.1) is 16.7 Å². The molecule has 10 nitrogen and oxygen atoms in total. The predicted octanol–water partition coefficient (Wildman–Crippen LogP) is 3.37. The summed E-state index contributed by atoms with van der Waals surface area (Å²) in [5.41, 5.74) is 0. The molecule has 0 saturated heterocycles. The van der Waals surface area contributed by atoms with Crippen LogP contribution in [-0.2, 0) is 39.3 Å². The standard InChI is InChI=1S/C22H40N2O8S4/c1-21(2,3)35(29,30)20(24)36(31,32)22(4,5)15-16-11-13-18(14-12-16)34(27,28)19(23)33(25,26)17-9-7-6-8-10-17/h16-18,23-24H,6-15H2,1-5H3. The highest BCUT2D eigenvalue weighted by Gasteiger charge is 2.49. The molecule has 14 heteroatoms. The van der Waals surface area contributed by atoms with E-state index in [2.05, 4.69) is 0 Å². The van der Waals surface area contributed by atoms with Crippen LogP contribution in [-0.4, -0.2) is 62.4 Å². The molecule has 0 aromatic rings. The summed E-state index contributed by atoms with van der Waals surface area (Å²) in [5.74, 6) is -0.254. The normalized spacial score (nSPS) is 23.8. The van der Waals surface area contributed by atoms with Crippen LogP contribution in [0.2, 0.25) is 0 Å². The van der Waals surface area contributed by atoms with Crippen LogP contribution in [0.3, 0.4) is 0 Å². The van der Waals surface area contributed by atoms with E-state index in [1.54, 1.807) is 0 Å². The second-order valence-corrected chi connectivity index (χ2v) is 21.7. The number of hydrogen-bond acceptors (Lipinski definition) is 10. The molecule has 2 N–H and O–H groups in total. The van der Waals surface area contributed by atoms with Gasteiger partial charge in [-0.2, -0.15) is 0 Å². The van der Waals surface area contributed by atoms with Crippen molar-refractivity contribution in [3.63, 3.8) is 0 Å². The molecular weight excluding hydrogens is 549 g/mol. The Morgan fingerprint density at radius 1 is 0.611 bits per heavy atom. The number of sulfone groups is 4. The van der Waals surface area contributed by atoms with Crippen molar-refractivity contribution in [1.29, 1.82) is 10.8 Å². The third-order valence-corrected chi connectivity index (χ3v) is 18.2. The molecule has 2 aliphatic carbocycles. The molecule has 36 heavy (non-hydrogen) atoms. The van der Waals surface area contributed by atoms with Gasteiger partial charge in [0, 0.05) is 0 Å². The van der Waals surface area contributed by atoms with Crippen LogP contribution in [0.4, 0.5) is 0 Å². The van der Waals surface area contributed by atoms with E-state index >= 15 is 0 Å².